The summed E-state index contributed by atoms with van der Waals surface area (Å²) in [5.41, 5.74) is 2.05. The van der Waals surface area contributed by atoms with E-state index in [2.05, 4.69) is 0 Å². The Bertz CT molecular complexity index is 499. The summed E-state index contributed by atoms with van der Waals surface area (Å²) in [7, 11) is -1.89. The van der Waals surface area contributed by atoms with Crippen molar-refractivity contribution in [1.82, 2.24) is 4.31 Å². The first-order valence-electron chi connectivity index (χ1n) is 5.42. The Morgan fingerprint density at radius 1 is 1.29 bits per heavy atom. The number of rotatable bonds is 4. The standard InChI is InChI=1S/C12H18ClNO2S/c1-9-5-6-12(7-10(9)2)17(15,16)14(4)11(3)8-13/h5-7,11H,8H2,1-4H3. The maximum Gasteiger partial charge on any atom is 0.243 e. The third-order valence-electron chi connectivity index (χ3n) is 3.00. The van der Waals surface area contributed by atoms with Gasteiger partial charge in [-0.25, -0.2) is 8.42 Å². The Kier molecular flexibility index (Phi) is 4.58. The van der Waals surface area contributed by atoms with E-state index in [1.807, 2.05) is 19.9 Å². The number of alkyl halides is 1. The Hall–Kier alpha value is -0.580. The normalized spacial score (nSPS) is 14.0. The number of aryl methyl sites for hydroxylation is 2. The van der Waals surface area contributed by atoms with Crippen molar-refractivity contribution in [3.63, 3.8) is 0 Å². The molecule has 0 fully saturated rings. The predicted molar refractivity (Wildman–Crippen MR) is 71.0 cm³/mol. The molecule has 0 saturated carbocycles. The minimum absolute atomic E-state index is 0.219. The largest absolute Gasteiger partial charge is 0.243 e. The van der Waals surface area contributed by atoms with Crippen LogP contribution in [0, 0.1) is 13.8 Å². The van der Waals surface area contributed by atoms with Gasteiger partial charge in [0.2, 0.25) is 10.0 Å². The van der Waals surface area contributed by atoms with E-state index in [9.17, 15) is 8.42 Å². The van der Waals surface area contributed by atoms with Crippen LogP contribution in [0.4, 0.5) is 0 Å². The molecule has 17 heavy (non-hydrogen) atoms. The van der Waals surface area contributed by atoms with Gasteiger partial charge in [0, 0.05) is 19.0 Å². The maximum atomic E-state index is 12.3. The number of hydrogen-bond donors (Lipinski definition) is 0. The summed E-state index contributed by atoms with van der Waals surface area (Å²) >= 11 is 5.69. The fraction of sp³-hybridized carbons (Fsp3) is 0.500. The van der Waals surface area contributed by atoms with Crippen LogP contribution in [0.1, 0.15) is 18.1 Å². The topological polar surface area (TPSA) is 37.4 Å². The van der Waals surface area contributed by atoms with Crippen molar-refractivity contribution in [2.24, 2.45) is 0 Å². The Labute approximate surface area is 108 Å². The van der Waals surface area contributed by atoms with Crippen molar-refractivity contribution in [2.75, 3.05) is 12.9 Å². The van der Waals surface area contributed by atoms with Gasteiger partial charge in [0.05, 0.1) is 4.90 Å². The molecule has 0 aliphatic rings. The van der Waals surface area contributed by atoms with E-state index in [1.54, 1.807) is 26.1 Å². The van der Waals surface area contributed by atoms with Gasteiger partial charge in [-0.2, -0.15) is 4.31 Å². The zero-order chi connectivity index (χ0) is 13.2. The van der Waals surface area contributed by atoms with E-state index < -0.39 is 10.0 Å². The minimum Gasteiger partial charge on any atom is -0.207 e. The quantitative estimate of drug-likeness (QED) is 0.792. The average molecular weight is 276 g/mol. The molecule has 5 heteroatoms. The summed E-state index contributed by atoms with van der Waals surface area (Å²) in [6.07, 6.45) is 0. The second-order valence-electron chi connectivity index (χ2n) is 4.27. The highest BCUT2D eigenvalue weighted by atomic mass is 35.5. The van der Waals surface area contributed by atoms with E-state index in [0.29, 0.717) is 4.90 Å². The van der Waals surface area contributed by atoms with Crippen LogP contribution in [0.5, 0.6) is 0 Å². The lowest BCUT2D eigenvalue weighted by molar-refractivity contribution is 0.413. The van der Waals surface area contributed by atoms with Crippen LogP contribution in [0.25, 0.3) is 0 Å². The molecule has 0 amide bonds. The van der Waals surface area contributed by atoms with Crippen LogP contribution >= 0.6 is 11.6 Å². The van der Waals surface area contributed by atoms with Gasteiger partial charge in [-0.3, -0.25) is 0 Å². The van der Waals surface area contributed by atoms with Crippen LogP contribution in [0.2, 0.25) is 0 Å². The highest BCUT2D eigenvalue weighted by molar-refractivity contribution is 7.89. The number of benzene rings is 1. The summed E-state index contributed by atoms with van der Waals surface area (Å²) < 4.78 is 25.8. The monoisotopic (exact) mass is 275 g/mol. The third-order valence-corrected chi connectivity index (χ3v) is 5.41. The van der Waals surface area contributed by atoms with E-state index >= 15 is 0 Å². The van der Waals surface area contributed by atoms with Crippen molar-refractivity contribution in [2.45, 2.75) is 31.7 Å². The molecule has 0 bridgehead atoms. The number of nitrogens with zero attached hydrogens (tertiary/aromatic N) is 1. The zero-order valence-electron chi connectivity index (χ0n) is 10.6. The van der Waals surface area contributed by atoms with Crippen LogP contribution in [-0.2, 0) is 10.0 Å². The molecule has 0 spiro atoms. The van der Waals surface area contributed by atoms with Gasteiger partial charge >= 0.3 is 0 Å². The molecule has 1 aromatic rings. The molecule has 0 aliphatic carbocycles. The molecule has 0 heterocycles. The van der Waals surface area contributed by atoms with E-state index in [0.717, 1.165) is 11.1 Å². The van der Waals surface area contributed by atoms with Gasteiger partial charge in [0.25, 0.3) is 0 Å². The molecular formula is C12H18ClNO2S. The summed E-state index contributed by atoms with van der Waals surface area (Å²) in [5.74, 6) is 0.278. The molecule has 3 nitrogen and oxygen atoms in total. The molecule has 0 radical (unpaired) electrons. The Balaban J connectivity index is 3.17. The molecule has 0 saturated heterocycles. The number of hydrogen-bond acceptors (Lipinski definition) is 2. The van der Waals surface area contributed by atoms with Crippen LogP contribution < -0.4 is 0 Å². The highest BCUT2D eigenvalue weighted by Crippen LogP contribution is 2.19. The molecular weight excluding hydrogens is 258 g/mol. The lowest BCUT2D eigenvalue weighted by Crippen LogP contribution is -2.36. The lowest BCUT2D eigenvalue weighted by atomic mass is 10.1. The van der Waals surface area contributed by atoms with Crippen molar-refractivity contribution < 1.29 is 8.42 Å². The third kappa shape index (κ3) is 3.00. The molecule has 0 aromatic heterocycles. The maximum absolute atomic E-state index is 12.3. The van der Waals surface area contributed by atoms with Gasteiger partial charge in [0.15, 0.2) is 0 Å². The van der Waals surface area contributed by atoms with E-state index in [4.69, 9.17) is 11.6 Å². The molecule has 1 rings (SSSR count). The molecule has 0 aliphatic heterocycles. The molecule has 1 aromatic carbocycles. The summed E-state index contributed by atoms with van der Waals surface area (Å²) in [5, 5.41) is 0. The Morgan fingerprint density at radius 2 is 1.88 bits per heavy atom. The first kappa shape index (κ1) is 14.5. The molecule has 1 atom stereocenters. The molecule has 96 valence electrons. The van der Waals surface area contributed by atoms with Crippen LogP contribution in [-0.4, -0.2) is 31.7 Å². The zero-order valence-corrected chi connectivity index (χ0v) is 12.1. The van der Waals surface area contributed by atoms with Gasteiger partial charge in [-0.15, -0.1) is 11.6 Å². The first-order valence-corrected chi connectivity index (χ1v) is 7.39. The first-order chi connectivity index (χ1) is 7.80. The number of halogens is 1. The summed E-state index contributed by atoms with van der Waals surface area (Å²) in [4.78, 5) is 0.320. The lowest BCUT2D eigenvalue weighted by Gasteiger charge is -2.22. The summed E-state index contributed by atoms with van der Waals surface area (Å²) in [6.45, 7) is 5.64. The van der Waals surface area contributed by atoms with Crippen molar-refractivity contribution >= 4 is 21.6 Å². The Morgan fingerprint density at radius 3 is 2.35 bits per heavy atom. The second-order valence-corrected chi connectivity index (χ2v) is 6.58. The predicted octanol–water partition coefficient (Wildman–Crippen LogP) is 2.55. The van der Waals surface area contributed by atoms with Crippen LogP contribution in [0.3, 0.4) is 0 Å². The van der Waals surface area contributed by atoms with Gasteiger partial charge in [0.1, 0.15) is 0 Å². The van der Waals surface area contributed by atoms with E-state index in [-0.39, 0.29) is 11.9 Å². The van der Waals surface area contributed by atoms with Crippen LogP contribution in [0.15, 0.2) is 23.1 Å². The highest BCUT2D eigenvalue weighted by Gasteiger charge is 2.24. The van der Waals surface area contributed by atoms with Gasteiger partial charge in [-0.1, -0.05) is 6.07 Å². The van der Waals surface area contributed by atoms with Gasteiger partial charge in [-0.05, 0) is 44.0 Å². The SMILES string of the molecule is Cc1ccc(S(=O)(=O)N(C)C(C)CCl)cc1C. The van der Waals surface area contributed by atoms with Crippen molar-refractivity contribution in [3.8, 4) is 0 Å². The summed E-state index contributed by atoms with van der Waals surface area (Å²) in [6, 6.07) is 4.93. The van der Waals surface area contributed by atoms with Gasteiger partial charge < -0.3 is 0 Å². The fourth-order valence-corrected chi connectivity index (χ4v) is 3.11. The molecule has 1 unspecified atom stereocenters. The second kappa shape index (κ2) is 5.38. The van der Waals surface area contributed by atoms with E-state index in [1.165, 1.54) is 4.31 Å². The number of sulfonamides is 1. The van der Waals surface area contributed by atoms with Crippen molar-refractivity contribution in [1.29, 1.82) is 0 Å². The smallest absolute Gasteiger partial charge is 0.207 e. The van der Waals surface area contributed by atoms with Crippen molar-refractivity contribution in [3.05, 3.63) is 29.3 Å². The fourth-order valence-electron chi connectivity index (χ4n) is 1.37. The minimum atomic E-state index is -3.44. The average Bonchev–Trinajstić information content (AvgIpc) is 2.30. The molecule has 0 N–H and O–H groups in total.